The van der Waals surface area contributed by atoms with E-state index in [0.717, 1.165) is 36.1 Å². The summed E-state index contributed by atoms with van der Waals surface area (Å²) >= 11 is 0. The van der Waals surface area contributed by atoms with Crippen LogP contribution in [-0.4, -0.2) is 16.5 Å². The quantitative estimate of drug-likeness (QED) is 0.592. The molecule has 32 heavy (non-hydrogen) atoms. The Balaban J connectivity index is 1.16. The van der Waals surface area contributed by atoms with Gasteiger partial charge in [-0.2, -0.15) is 10.2 Å². The molecule has 0 aliphatic heterocycles. The van der Waals surface area contributed by atoms with Gasteiger partial charge in [-0.05, 0) is 91.1 Å². The van der Waals surface area contributed by atoms with Crippen LogP contribution in [0, 0.1) is 40.4 Å². The van der Waals surface area contributed by atoms with E-state index in [1.807, 2.05) is 0 Å². The maximum atomic E-state index is 9.63. The van der Waals surface area contributed by atoms with Crippen LogP contribution in [0.1, 0.15) is 74.5 Å². The molecule has 5 nitrogen and oxygen atoms in total. The molecule has 0 radical (unpaired) electrons. The van der Waals surface area contributed by atoms with Crippen LogP contribution in [0.15, 0.2) is 30.5 Å². The van der Waals surface area contributed by atoms with E-state index in [-0.39, 0.29) is 0 Å². The molecule has 5 aliphatic carbocycles. The van der Waals surface area contributed by atoms with Gasteiger partial charge in [0.15, 0.2) is 0 Å². The van der Waals surface area contributed by atoms with Crippen molar-refractivity contribution in [3.63, 3.8) is 0 Å². The largest absolute Gasteiger partial charge is 0.368 e. The molecule has 7 rings (SSSR count). The molecule has 1 heterocycles. The molecular weight excluding hydrogens is 394 g/mol. The summed E-state index contributed by atoms with van der Waals surface area (Å²) in [5, 5.41) is 16.6. The highest BCUT2D eigenvalue weighted by atomic mass is 15.1. The van der Waals surface area contributed by atoms with Gasteiger partial charge in [-0.1, -0.05) is 31.2 Å². The average Bonchev–Trinajstić information content (AvgIpc) is 3.65. The van der Waals surface area contributed by atoms with E-state index in [1.54, 1.807) is 6.20 Å². The van der Waals surface area contributed by atoms with Crippen molar-refractivity contribution >= 4 is 11.8 Å². The third kappa shape index (κ3) is 3.64. The number of hydrogen-bond acceptors (Lipinski definition) is 5. The lowest BCUT2D eigenvalue weighted by atomic mass is 9.46. The summed E-state index contributed by atoms with van der Waals surface area (Å²) in [6, 6.07) is 10.9. The first-order valence-electron chi connectivity index (χ1n) is 12.5. The summed E-state index contributed by atoms with van der Waals surface area (Å²) in [5.74, 6) is 5.59. The maximum absolute atomic E-state index is 9.63. The molecule has 5 heteroatoms. The van der Waals surface area contributed by atoms with Crippen molar-refractivity contribution < 1.29 is 0 Å². The molecule has 166 valence electrons. The van der Waals surface area contributed by atoms with E-state index in [9.17, 15) is 5.26 Å². The zero-order chi connectivity index (χ0) is 21.7. The smallest absolute Gasteiger partial charge is 0.224 e. The first-order chi connectivity index (χ1) is 15.6. The monoisotopic (exact) mass is 427 g/mol. The first-order valence-corrected chi connectivity index (χ1v) is 12.5. The van der Waals surface area contributed by atoms with E-state index < -0.39 is 0 Å². The topological polar surface area (TPSA) is 73.6 Å². The zero-order valence-corrected chi connectivity index (χ0v) is 19.0. The van der Waals surface area contributed by atoms with Gasteiger partial charge in [0.2, 0.25) is 5.95 Å². The van der Waals surface area contributed by atoms with Gasteiger partial charge in [-0.25, -0.2) is 4.98 Å². The second kappa shape index (κ2) is 7.76. The zero-order valence-electron chi connectivity index (χ0n) is 19.0. The van der Waals surface area contributed by atoms with Crippen LogP contribution in [0.5, 0.6) is 0 Å². The summed E-state index contributed by atoms with van der Waals surface area (Å²) < 4.78 is 0. The molecule has 1 aromatic carbocycles. The SMILES string of the molecule is CC1C2CC3C[C@H]1CC(CNc1nc(NCc4ccccc4C4CC4)ncc1C#N)(C3)C2. The Morgan fingerprint density at radius 1 is 1.09 bits per heavy atom. The van der Waals surface area contributed by atoms with Crippen LogP contribution in [0.25, 0.3) is 0 Å². The lowest BCUT2D eigenvalue weighted by Crippen LogP contribution is -2.52. The van der Waals surface area contributed by atoms with Crippen LogP contribution in [0.4, 0.5) is 11.8 Å². The number of hydrogen-bond donors (Lipinski definition) is 2. The van der Waals surface area contributed by atoms with Crippen molar-refractivity contribution in [3.05, 3.63) is 47.2 Å². The van der Waals surface area contributed by atoms with Gasteiger partial charge in [-0.3, -0.25) is 0 Å². The molecule has 5 atom stereocenters. The summed E-state index contributed by atoms with van der Waals surface area (Å²) in [6.45, 7) is 4.12. The Bertz CT molecular complexity index is 1040. The maximum Gasteiger partial charge on any atom is 0.224 e. The van der Waals surface area contributed by atoms with Crippen LogP contribution in [0.3, 0.4) is 0 Å². The highest BCUT2D eigenvalue weighted by Crippen LogP contribution is 2.62. The van der Waals surface area contributed by atoms with Gasteiger partial charge in [0.1, 0.15) is 17.5 Å². The van der Waals surface area contributed by atoms with E-state index in [0.29, 0.717) is 29.3 Å². The Kier molecular flexibility index (Phi) is 4.86. The summed E-state index contributed by atoms with van der Waals surface area (Å²) in [4.78, 5) is 9.14. The van der Waals surface area contributed by atoms with Crippen molar-refractivity contribution in [2.24, 2.45) is 29.1 Å². The van der Waals surface area contributed by atoms with E-state index in [4.69, 9.17) is 4.98 Å². The minimum absolute atomic E-state index is 0.386. The molecule has 2 aromatic rings. The summed E-state index contributed by atoms with van der Waals surface area (Å²) in [7, 11) is 0. The first kappa shape index (κ1) is 20.0. The lowest BCUT2D eigenvalue weighted by molar-refractivity contribution is -0.0822. The fourth-order valence-corrected chi connectivity index (χ4v) is 7.28. The van der Waals surface area contributed by atoms with Crippen molar-refractivity contribution in [2.45, 2.75) is 64.3 Å². The Morgan fingerprint density at radius 3 is 2.62 bits per heavy atom. The number of rotatable bonds is 7. The molecular formula is C27H33N5. The second-order valence-corrected chi connectivity index (χ2v) is 11.1. The molecule has 5 fully saturated rings. The highest BCUT2D eigenvalue weighted by molar-refractivity contribution is 5.53. The second-order valence-electron chi connectivity index (χ2n) is 11.1. The standard InChI is InChI=1S/C27H33N5/c1-17-21-8-18-9-22(17)12-27(10-18,11-21)16-31-25-23(13-28)15-30-26(32-25)29-14-20-4-2-3-5-24(20)19-6-7-19/h2-5,15,17-19,21-22H,6-12,14,16H2,1H3,(H2,29,30,31,32)/t17?,18?,21-,22?,27?/m0/s1. The summed E-state index contributed by atoms with van der Waals surface area (Å²) in [5.41, 5.74) is 3.69. The lowest BCUT2D eigenvalue weighted by Gasteiger charge is -2.59. The van der Waals surface area contributed by atoms with Crippen molar-refractivity contribution in [1.29, 1.82) is 5.26 Å². The molecule has 0 saturated heterocycles. The van der Waals surface area contributed by atoms with Gasteiger partial charge >= 0.3 is 0 Å². The third-order valence-electron chi connectivity index (χ3n) is 8.92. The van der Waals surface area contributed by atoms with Crippen LogP contribution in [0.2, 0.25) is 0 Å². The van der Waals surface area contributed by atoms with Crippen molar-refractivity contribution in [3.8, 4) is 6.07 Å². The Morgan fingerprint density at radius 2 is 1.88 bits per heavy atom. The number of anilines is 2. The molecule has 0 amide bonds. The number of benzene rings is 1. The molecule has 1 aromatic heterocycles. The van der Waals surface area contributed by atoms with E-state index in [1.165, 1.54) is 56.1 Å². The van der Waals surface area contributed by atoms with Gasteiger partial charge in [0.05, 0.1) is 6.20 Å². The molecule has 4 bridgehead atoms. The van der Waals surface area contributed by atoms with Crippen LogP contribution < -0.4 is 10.6 Å². The Labute approximate surface area is 191 Å². The van der Waals surface area contributed by atoms with Crippen molar-refractivity contribution in [1.82, 2.24) is 9.97 Å². The van der Waals surface area contributed by atoms with Crippen molar-refractivity contribution in [2.75, 3.05) is 17.2 Å². The molecule has 5 aliphatic rings. The van der Waals surface area contributed by atoms with Gasteiger partial charge in [0, 0.05) is 13.1 Å². The van der Waals surface area contributed by atoms with E-state index in [2.05, 4.69) is 52.9 Å². The van der Waals surface area contributed by atoms with E-state index >= 15 is 0 Å². The molecule has 0 spiro atoms. The highest BCUT2D eigenvalue weighted by Gasteiger charge is 2.53. The average molecular weight is 428 g/mol. The Hall–Kier alpha value is -2.61. The number of nitrogens with one attached hydrogen (secondary N) is 2. The van der Waals surface area contributed by atoms with Gasteiger partial charge in [0.25, 0.3) is 0 Å². The predicted molar refractivity (Wildman–Crippen MR) is 126 cm³/mol. The van der Waals surface area contributed by atoms with Crippen LogP contribution >= 0.6 is 0 Å². The summed E-state index contributed by atoms with van der Waals surface area (Å²) in [6.07, 6.45) is 11.1. The molecule has 2 N–H and O–H groups in total. The van der Waals surface area contributed by atoms with Gasteiger partial charge in [-0.15, -0.1) is 0 Å². The van der Waals surface area contributed by atoms with Crippen LogP contribution in [-0.2, 0) is 6.54 Å². The number of nitriles is 1. The minimum atomic E-state index is 0.386. The fraction of sp³-hybridized carbons (Fsp3) is 0.593. The molecule has 4 unspecified atom stereocenters. The fourth-order valence-electron chi connectivity index (χ4n) is 7.28. The molecule has 5 saturated carbocycles. The third-order valence-corrected chi connectivity index (χ3v) is 8.92. The predicted octanol–water partition coefficient (Wildman–Crippen LogP) is 5.71. The minimum Gasteiger partial charge on any atom is -0.368 e. The van der Waals surface area contributed by atoms with Gasteiger partial charge < -0.3 is 10.6 Å². The number of nitrogens with zero attached hydrogens (tertiary/aromatic N) is 3. The normalized spacial score (nSPS) is 32.5. The number of aromatic nitrogens is 2.